The molecule has 0 atom stereocenters. The lowest BCUT2D eigenvalue weighted by Gasteiger charge is -2.39. The van der Waals surface area contributed by atoms with Gasteiger partial charge in [0.25, 0.3) is 0 Å². The monoisotopic (exact) mass is 261 g/mol. The summed E-state index contributed by atoms with van der Waals surface area (Å²) < 4.78 is 5.63. The molecule has 0 N–H and O–H groups in total. The van der Waals surface area contributed by atoms with Crippen LogP contribution in [0.3, 0.4) is 0 Å². The predicted molar refractivity (Wildman–Crippen MR) is 64.3 cm³/mol. The molecule has 1 aromatic rings. The van der Waals surface area contributed by atoms with Gasteiger partial charge in [-0.2, -0.15) is 0 Å². The van der Waals surface area contributed by atoms with Crippen LogP contribution >= 0.6 is 23.2 Å². The molecule has 0 amide bonds. The molecule has 2 rings (SSSR count). The largest absolute Gasteiger partial charge is 0.372 e. The third kappa shape index (κ3) is 2.56. The minimum Gasteiger partial charge on any atom is -0.372 e. The molecule has 6 heteroatoms. The zero-order chi connectivity index (χ0) is 11.8. The number of anilines is 1. The van der Waals surface area contributed by atoms with Gasteiger partial charge in [-0.25, -0.2) is 0 Å². The molecule has 1 saturated heterocycles. The van der Waals surface area contributed by atoms with Crippen molar-refractivity contribution in [3.63, 3.8) is 0 Å². The van der Waals surface area contributed by atoms with E-state index in [0.29, 0.717) is 16.9 Å². The molecule has 1 aromatic heterocycles. The lowest BCUT2D eigenvalue weighted by molar-refractivity contribution is -0.0277. The Balaban J connectivity index is 2.26. The summed E-state index contributed by atoms with van der Waals surface area (Å²) in [4.78, 5) is 2.12. The summed E-state index contributed by atoms with van der Waals surface area (Å²) in [5.41, 5.74) is 0.634. The minimum absolute atomic E-state index is 0.183. The van der Waals surface area contributed by atoms with E-state index in [4.69, 9.17) is 27.9 Å². The number of aromatic nitrogens is 2. The molecule has 1 fully saturated rings. The first-order chi connectivity index (χ1) is 7.48. The van der Waals surface area contributed by atoms with Crippen molar-refractivity contribution in [3.05, 3.63) is 16.4 Å². The highest BCUT2D eigenvalue weighted by atomic mass is 35.5. The lowest BCUT2D eigenvalue weighted by atomic mass is 10.1. The van der Waals surface area contributed by atoms with Crippen molar-refractivity contribution >= 4 is 28.9 Å². The van der Waals surface area contributed by atoms with Gasteiger partial charge in [-0.05, 0) is 13.8 Å². The fourth-order valence-corrected chi connectivity index (χ4v) is 2.14. The Morgan fingerprint density at radius 1 is 1.38 bits per heavy atom. The molecule has 0 radical (unpaired) electrons. The van der Waals surface area contributed by atoms with Crippen molar-refractivity contribution in [2.24, 2.45) is 0 Å². The molecular weight excluding hydrogens is 249 g/mol. The van der Waals surface area contributed by atoms with Gasteiger partial charge in [0, 0.05) is 19.2 Å². The molecule has 0 saturated carbocycles. The van der Waals surface area contributed by atoms with Gasteiger partial charge in [0.15, 0.2) is 10.3 Å². The smallest absolute Gasteiger partial charge is 0.175 e. The van der Waals surface area contributed by atoms with E-state index in [1.165, 1.54) is 0 Å². The van der Waals surface area contributed by atoms with E-state index in [-0.39, 0.29) is 5.60 Å². The first-order valence-electron chi connectivity index (χ1n) is 5.05. The fraction of sp³-hybridized carbons (Fsp3) is 0.600. The average Bonchev–Trinajstić information content (AvgIpc) is 2.20. The number of ether oxygens (including phenoxy) is 1. The van der Waals surface area contributed by atoms with Crippen molar-refractivity contribution in [2.45, 2.75) is 19.4 Å². The van der Waals surface area contributed by atoms with Gasteiger partial charge < -0.3 is 9.64 Å². The summed E-state index contributed by atoms with van der Waals surface area (Å²) >= 11 is 11.8. The third-order valence-corrected chi connectivity index (χ3v) is 2.92. The normalized spacial score (nSPS) is 19.9. The zero-order valence-corrected chi connectivity index (χ0v) is 10.7. The van der Waals surface area contributed by atoms with Gasteiger partial charge >= 0.3 is 0 Å². The number of nitrogens with zero attached hydrogens (tertiary/aromatic N) is 3. The van der Waals surface area contributed by atoms with Crippen LogP contribution in [0, 0.1) is 0 Å². The highest BCUT2D eigenvalue weighted by Crippen LogP contribution is 2.29. The van der Waals surface area contributed by atoms with Crippen LogP contribution in [-0.2, 0) is 4.74 Å². The van der Waals surface area contributed by atoms with Crippen LogP contribution in [0.5, 0.6) is 0 Å². The topological polar surface area (TPSA) is 38.2 Å². The zero-order valence-electron chi connectivity index (χ0n) is 9.20. The van der Waals surface area contributed by atoms with E-state index in [0.717, 1.165) is 18.8 Å². The Morgan fingerprint density at radius 2 is 2.12 bits per heavy atom. The van der Waals surface area contributed by atoms with Gasteiger partial charge in [0.1, 0.15) is 0 Å². The Labute approximate surface area is 105 Å². The van der Waals surface area contributed by atoms with Crippen LogP contribution in [0.25, 0.3) is 0 Å². The van der Waals surface area contributed by atoms with E-state index in [9.17, 15) is 0 Å². The van der Waals surface area contributed by atoms with Crippen molar-refractivity contribution < 1.29 is 4.74 Å². The standard InChI is InChI=1S/C10H13Cl2N3O/c1-10(2)6-15(3-4-16-10)7-5-8(11)13-14-9(7)12/h5H,3-4,6H2,1-2H3. The first kappa shape index (κ1) is 11.9. The lowest BCUT2D eigenvalue weighted by Crippen LogP contribution is -2.48. The number of rotatable bonds is 1. The number of morpholine rings is 1. The Bertz CT molecular complexity index is 398. The fourth-order valence-electron chi connectivity index (χ4n) is 1.79. The highest BCUT2D eigenvalue weighted by molar-refractivity contribution is 6.33. The van der Waals surface area contributed by atoms with Crippen molar-refractivity contribution in [1.82, 2.24) is 10.2 Å². The molecule has 1 aliphatic heterocycles. The summed E-state index contributed by atoms with van der Waals surface area (Å²) in [5, 5.41) is 8.23. The average molecular weight is 262 g/mol. The maximum Gasteiger partial charge on any atom is 0.175 e. The maximum absolute atomic E-state index is 6.01. The van der Waals surface area contributed by atoms with Crippen LogP contribution < -0.4 is 4.90 Å². The molecule has 88 valence electrons. The number of hydrogen-bond donors (Lipinski definition) is 0. The summed E-state index contributed by atoms with van der Waals surface area (Å²) in [7, 11) is 0. The van der Waals surface area contributed by atoms with E-state index < -0.39 is 0 Å². The number of hydrogen-bond acceptors (Lipinski definition) is 4. The molecule has 0 bridgehead atoms. The SMILES string of the molecule is CC1(C)CN(c2cc(Cl)nnc2Cl)CCO1. The van der Waals surface area contributed by atoms with Crippen LogP contribution in [0.1, 0.15) is 13.8 Å². The quantitative estimate of drug-likeness (QED) is 0.779. The van der Waals surface area contributed by atoms with Crippen molar-refractivity contribution in [1.29, 1.82) is 0 Å². The van der Waals surface area contributed by atoms with Crippen LogP contribution in [-0.4, -0.2) is 35.5 Å². The van der Waals surface area contributed by atoms with E-state index in [1.54, 1.807) is 6.07 Å². The predicted octanol–water partition coefficient (Wildman–Crippen LogP) is 2.40. The van der Waals surface area contributed by atoms with Crippen LogP contribution in [0.2, 0.25) is 10.3 Å². The van der Waals surface area contributed by atoms with Crippen molar-refractivity contribution in [3.8, 4) is 0 Å². The summed E-state index contributed by atoms with van der Waals surface area (Å²) in [6, 6.07) is 1.73. The molecular formula is C10H13Cl2N3O. The van der Waals surface area contributed by atoms with E-state index in [1.807, 2.05) is 13.8 Å². The van der Waals surface area contributed by atoms with Gasteiger partial charge in [-0.3, -0.25) is 0 Å². The van der Waals surface area contributed by atoms with Gasteiger partial charge in [-0.1, -0.05) is 23.2 Å². The van der Waals surface area contributed by atoms with Gasteiger partial charge in [0.2, 0.25) is 0 Å². The summed E-state index contributed by atoms with van der Waals surface area (Å²) in [6.07, 6.45) is 0. The minimum atomic E-state index is -0.183. The van der Waals surface area contributed by atoms with Crippen molar-refractivity contribution in [2.75, 3.05) is 24.6 Å². The summed E-state index contributed by atoms with van der Waals surface area (Å²) in [5.74, 6) is 0. The molecule has 16 heavy (non-hydrogen) atoms. The second kappa shape index (κ2) is 4.35. The second-order valence-corrected chi connectivity index (χ2v) is 5.12. The van der Waals surface area contributed by atoms with Crippen LogP contribution in [0.4, 0.5) is 5.69 Å². The Kier molecular flexibility index (Phi) is 3.24. The molecule has 0 aromatic carbocycles. The second-order valence-electron chi connectivity index (χ2n) is 4.37. The molecule has 1 aliphatic rings. The Hall–Kier alpha value is -0.580. The molecule has 2 heterocycles. The Morgan fingerprint density at radius 3 is 2.81 bits per heavy atom. The molecule has 0 unspecified atom stereocenters. The van der Waals surface area contributed by atoms with Crippen LogP contribution in [0.15, 0.2) is 6.07 Å². The van der Waals surface area contributed by atoms with E-state index >= 15 is 0 Å². The van der Waals surface area contributed by atoms with Gasteiger partial charge in [-0.15, -0.1) is 10.2 Å². The number of halogens is 2. The molecule has 4 nitrogen and oxygen atoms in total. The first-order valence-corrected chi connectivity index (χ1v) is 5.81. The summed E-state index contributed by atoms with van der Waals surface area (Å²) in [6.45, 7) is 6.30. The molecule has 0 spiro atoms. The molecule has 0 aliphatic carbocycles. The van der Waals surface area contributed by atoms with Gasteiger partial charge in [0.05, 0.1) is 17.9 Å². The third-order valence-electron chi connectivity index (χ3n) is 2.47. The highest BCUT2D eigenvalue weighted by Gasteiger charge is 2.28. The maximum atomic E-state index is 6.01. The van der Waals surface area contributed by atoms with E-state index in [2.05, 4.69) is 15.1 Å².